The van der Waals surface area contributed by atoms with Gasteiger partial charge in [0.15, 0.2) is 0 Å². The molecule has 3 heteroatoms. The Hall–Kier alpha value is -0.700. The highest BCUT2D eigenvalue weighted by Crippen LogP contribution is 2.36. The number of hydrogen-bond donors (Lipinski definition) is 1. The van der Waals surface area contributed by atoms with Gasteiger partial charge in [-0.05, 0) is 24.6 Å². The predicted molar refractivity (Wildman–Crippen MR) is 58.4 cm³/mol. The number of nitrogens with one attached hydrogen (secondary N) is 1. The van der Waals surface area contributed by atoms with Crippen molar-refractivity contribution in [2.24, 2.45) is 0 Å². The first kappa shape index (κ1) is 7.68. The minimum atomic E-state index is 0.668. The van der Waals surface area contributed by atoms with Crippen LogP contribution >= 0.6 is 15.9 Å². The summed E-state index contributed by atoms with van der Waals surface area (Å²) >= 11 is 3.49. The van der Waals surface area contributed by atoms with Crippen LogP contribution in [0.2, 0.25) is 0 Å². The van der Waals surface area contributed by atoms with Crippen molar-refractivity contribution in [1.82, 2.24) is 0 Å². The minimum Gasteiger partial charge on any atom is -0.379 e. The zero-order chi connectivity index (χ0) is 8.84. The first-order valence-electron chi connectivity index (χ1n) is 4.64. The van der Waals surface area contributed by atoms with Gasteiger partial charge < -0.3 is 10.2 Å². The molecule has 1 fully saturated rings. The monoisotopic (exact) mass is 238 g/mol. The fraction of sp³-hybridized carbons (Fsp3) is 0.400. The Labute approximate surface area is 86.1 Å². The van der Waals surface area contributed by atoms with E-state index >= 15 is 0 Å². The molecule has 2 aliphatic heterocycles. The van der Waals surface area contributed by atoms with Gasteiger partial charge >= 0.3 is 0 Å². The highest BCUT2D eigenvalue weighted by atomic mass is 79.9. The zero-order valence-electron chi connectivity index (χ0n) is 7.26. The second kappa shape index (κ2) is 2.64. The normalized spacial score (nSPS) is 24.1. The summed E-state index contributed by atoms with van der Waals surface area (Å²) in [6, 6.07) is 7.13. The Kier molecular flexibility index (Phi) is 1.56. The second-order valence-corrected chi connectivity index (χ2v) is 4.65. The fourth-order valence-electron chi connectivity index (χ4n) is 2.22. The molecule has 0 aliphatic carbocycles. The number of hydrogen-bond acceptors (Lipinski definition) is 2. The van der Waals surface area contributed by atoms with E-state index < -0.39 is 0 Å². The Balaban J connectivity index is 2.12. The van der Waals surface area contributed by atoms with Crippen molar-refractivity contribution in [1.29, 1.82) is 0 Å². The fourth-order valence-corrected chi connectivity index (χ4v) is 2.58. The average molecular weight is 239 g/mol. The van der Waals surface area contributed by atoms with Gasteiger partial charge in [0.05, 0.1) is 11.4 Å². The third-order valence-corrected chi connectivity index (χ3v) is 3.34. The van der Waals surface area contributed by atoms with Crippen molar-refractivity contribution in [2.75, 3.05) is 23.3 Å². The lowest BCUT2D eigenvalue weighted by Crippen LogP contribution is -2.31. The van der Waals surface area contributed by atoms with Crippen LogP contribution in [0.25, 0.3) is 0 Å². The quantitative estimate of drug-likeness (QED) is 0.748. The lowest BCUT2D eigenvalue weighted by molar-refractivity contribution is 0.796. The van der Waals surface area contributed by atoms with E-state index in [-0.39, 0.29) is 0 Å². The Morgan fingerprint density at radius 2 is 2.38 bits per heavy atom. The SMILES string of the molecule is Brc1ccc2c(c1)NC1CCN2C1. The standard InChI is InChI=1S/C10H11BrN2/c11-7-1-2-10-9(5-7)12-8-3-4-13(10)6-8/h1-2,5,8,12H,3-4,6H2. The number of rotatable bonds is 0. The van der Waals surface area contributed by atoms with Crippen molar-refractivity contribution in [3.63, 3.8) is 0 Å². The van der Waals surface area contributed by atoms with Gasteiger partial charge in [-0.15, -0.1) is 0 Å². The molecule has 0 amide bonds. The lowest BCUT2D eigenvalue weighted by Gasteiger charge is -2.28. The molecule has 2 heterocycles. The topological polar surface area (TPSA) is 15.3 Å². The maximum absolute atomic E-state index is 3.56. The molecular weight excluding hydrogens is 228 g/mol. The Morgan fingerprint density at radius 3 is 3.31 bits per heavy atom. The Bertz CT molecular complexity index is 351. The van der Waals surface area contributed by atoms with E-state index in [0.717, 1.165) is 4.47 Å². The van der Waals surface area contributed by atoms with Crippen molar-refractivity contribution < 1.29 is 0 Å². The lowest BCUT2D eigenvalue weighted by atomic mass is 10.2. The van der Waals surface area contributed by atoms with Gasteiger partial charge in [-0.25, -0.2) is 0 Å². The number of anilines is 2. The molecule has 2 bridgehead atoms. The number of fused-ring (bicyclic) bond motifs is 4. The summed E-state index contributed by atoms with van der Waals surface area (Å²) in [5.74, 6) is 0. The molecule has 68 valence electrons. The van der Waals surface area contributed by atoms with E-state index in [0.29, 0.717) is 6.04 Å². The second-order valence-electron chi connectivity index (χ2n) is 3.74. The average Bonchev–Trinajstić information content (AvgIpc) is 2.48. The van der Waals surface area contributed by atoms with Crippen LogP contribution in [0.15, 0.2) is 22.7 Å². The Morgan fingerprint density at radius 1 is 1.46 bits per heavy atom. The van der Waals surface area contributed by atoms with Crippen LogP contribution in [-0.4, -0.2) is 19.1 Å². The van der Waals surface area contributed by atoms with Gasteiger partial charge in [-0.2, -0.15) is 0 Å². The predicted octanol–water partition coefficient (Wildman–Crippen LogP) is 2.45. The minimum absolute atomic E-state index is 0.668. The van der Waals surface area contributed by atoms with Crippen LogP contribution in [0.5, 0.6) is 0 Å². The van der Waals surface area contributed by atoms with Crippen molar-refractivity contribution in [3.05, 3.63) is 22.7 Å². The van der Waals surface area contributed by atoms with Gasteiger partial charge in [0, 0.05) is 23.6 Å². The largest absolute Gasteiger partial charge is 0.379 e. The van der Waals surface area contributed by atoms with Crippen LogP contribution in [0.3, 0.4) is 0 Å². The van der Waals surface area contributed by atoms with Crippen LogP contribution in [0.1, 0.15) is 6.42 Å². The molecular formula is C10H11BrN2. The van der Waals surface area contributed by atoms with E-state index in [1.165, 1.54) is 30.9 Å². The van der Waals surface area contributed by atoms with Crippen LogP contribution in [0, 0.1) is 0 Å². The molecule has 1 atom stereocenters. The molecule has 0 radical (unpaired) electrons. The molecule has 2 aliphatic rings. The van der Waals surface area contributed by atoms with E-state index in [1.807, 2.05) is 0 Å². The summed E-state index contributed by atoms with van der Waals surface area (Å²) in [4.78, 5) is 2.46. The summed E-state index contributed by atoms with van der Waals surface area (Å²) in [5.41, 5.74) is 2.64. The number of halogens is 1. The molecule has 1 aromatic carbocycles. The highest BCUT2D eigenvalue weighted by Gasteiger charge is 2.29. The van der Waals surface area contributed by atoms with Gasteiger partial charge in [-0.1, -0.05) is 15.9 Å². The van der Waals surface area contributed by atoms with E-state index in [1.54, 1.807) is 0 Å². The van der Waals surface area contributed by atoms with E-state index in [9.17, 15) is 0 Å². The van der Waals surface area contributed by atoms with E-state index in [4.69, 9.17) is 0 Å². The molecule has 1 saturated heterocycles. The maximum Gasteiger partial charge on any atom is 0.0603 e. The first-order valence-corrected chi connectivity index (χ1v) is 5.43. The van der Waals surface area contributed by atoms with Crippen LogP contribution < -0.4 is 10.2 Å². The maximum atomic E-state index is 3.56. The third kappa shape index (κ3) is 1.14. The molecule has 0 aromatic heterocycles. The summed E-state index contributed by atoms with van der Waals surface area (Å²) in [7, 11) is 0. The molecule has 0 saturated carbocycles. The molecule has 0 spiro atoms. The molecule has 13 heavy (non-hydrogen) atoms. The first-order chi connectivity index (χ1) is 6.33. The summed E-state index contributed by atoms with van der Waals surface area (Å²) in [5, 5.41) is 3.56. The van der Waals surface area contributed by atoms with E-state index in [2.05, 4.69) is 44.3 Å². The third-order valence-electron chi connectivity index (χ3n) is 2.85. The molecule has 1 aromatic rings. The van der Waals surface area contributed by atoms with Crippen LogP contribution in [0.4, 0.5) is 11.4 Å². The molecule has 2 nitrogen and oxygen atoms in total. The number of benzene rings is 1. The van der Waals surface area contributed by atoms with Gasteiger partial charge in [0.2, 0.25) is 0 Å². The van der Waals surface area contributed by atoms with Crippen molar-refractivity contribution in [2.45, 2.75) is 12.5 Å². The summed E-state index contributed by atoms with van der Waals surface area (Å²) in [6.45, 7) is 2.38. The molecule has 1 N–H and O–H groups in total. The zero-order valence-corrected chi connectivity index (χ0v) is 8.84. The number of nitrogens with zero attached hydrogens (tertiary/aromatic N) is 1. The van der Waals surface area contributed by atoms with Gasteiger partial charge in [0.1, 0.15) is 0 Å². The summed E-state index contributed by atoms with van der Waals surface area (Å²) < 4.78 is 1.15. The van der Waals surface area contributed by atoms with Crippen molar-refractivity contribution in [3.8, 4) is 0 Å². The smallest absolute Gasteiger partial charge is 0.0603 e. The van der Waals surface area contributed by atoms with Gasteiger partial charge in [0.25, 0.3) is 0 Å². The molecule has 1 unspecified atom stereocenters. The van der Waals surface area contributed by atoms with Crippen LogP contribution in [-0.2, 0) is 0 Å². The van der Waals surface area contributed by atoms with Crippen molar-refractivity contribution >= 4 is 27.3 Å². The highest BCUT2D eigenvalue weighted by molar-refractivity contribution is 9.10. The molecule has 3 rings (SSSR count). The van der Waals surface area contributed by atoms with Gasteiger partial charge in [-0.3, -0.25) is 0 Å². The summed E-state index contributed by atoms with van der Waals surface area (Å²) in [6.07, 6.45) is 1.27.